The standard InChI is InChI=1S/C16H23N3O/c1-16(2,3)14-10-13(19-17)12-7-5-6-11(8-9-20-4)15(12)18-14/h5-7,10H,8-9,17H2,1-4H3,(H,18,19). The van der Waals surface area contributed by atoms with E-state index in [1.807, 2.05) is 18.2 Å². The van der Waals surface area contributed by atoms with Crippen molar-refractivity contribution >= 4 is 16.6 Å². The Morgan fingerprint density at radius 1 is 1.30 bits per heavy atom. The molecule has 0 radical (unpaired) electrons. The summed E-state index contributed by atoms with van der Waals surface area (Å²) in [5, 5.41) is 1.05. The zero-order valence-corrected chi connectivity index (χ0v) is 12.7. The van der Waals surface area contributed by atoms with E-state index in [0.717, 1.165) is 28.7 Å². The predicted molar refractivity (Wildman–Crippen MR) is 83.8 cm³/mol. The Morgan fingerprint density at radius 2 is 2.05 bits per heavy atom. The van der Waals surface area contributed by atoms with Crippen LogP contribution in [0.4, 0.5) is 5.69 Å². The van der Waals surface area contributed by atoms with Gasteiger partial charge in [-0.2, -0.15) is 0 Å². The van der Waals surface area contributed by atoms with Crippen molar-refractivity contribution < 1.29 is 4.74 Å². The van der Waals surface area contributed by atoms with Crippen molar-refractivity contribution in [3.8, 4) is 0 Å². The Kier molecular flexibility index (Phi) is 4.26. The lowest BCUT2D eigenvalue weighted by Gasteiger charge is -2.20. The monoisotopic (exact) mass is 273 g/mol. The van der Waals surface area contributed by atoms with E-state index >= 15 is 0 Å². The number of hydrazine groups is 1. The molecule has 0 amide bonds. The molecule has 0 spiro atoms. The first-order chi connectivity index (χ1) is 9.47. The number of hydrogen-bond donors (Lipinski definition) is 2. The van der Waals surface area contributed by atoms with Crippen LogP contribution in [0.25, 0.3) is 10.9 Å². The van der Waals surface area contributed by atoms with Crippen LogP contribution >= 0.6 is 0 Å². The van der Waals surface area contributed by atoms with Gasteiger partial charge in [0.2, 0.25) is 0 Å². The summed E-state index contributed by atoms with van der Waals surface area (Å²) in [6.07, 6.45) is 0.846. The number of nitrogens with two attached hydrogens (primary N) is 1. The van der Waals surface area contributed by atoms with E-state index in [1.54, 1.807) is 7.11 Å². The van der Waals surface area contributed by atoms with E-state index in [-0.39, 0.29) is 5.41 Å². The lowest BCUT2D eigenvalue weighted by molar-refractivity contribution is 0.202. The van der Waals surface area contributed by atoms with Crippen LogP contribution < -0.4 is 11.3 Å². The van der Waals surface area contributed by atoms with Crippen LogP contribution in [0.1, 0.15) is 32.0 Å². The van der Waals surface area contributed by atoms with E-state index in [4.69, 9.17) is 15.6 Å². The summed E-state index contributed by atoms with van der Waals surface area (Å²) in [5.74, 6) is 5.68. The summed E-state index contributed by atoms with van der Waals surface area (Å²) >= 11 is 0. The number of ether oxygens (including phenoxy) is 1. The molecule has 2 rings (SSSR count). The van der Waals surface area contributed by atoms with Crippen LogP contribution in [0, 0.1) is 0 Å². The third-order valence-electron chi connectivity index (χ3n) is 3.42. The summed E-state index contributed by atoms with van der Waals surface area (Å²) in [6.45, 7) is 7.14. The number of methoxy groups -OCH3 is 1. The topological polar surface area (TPSA) is 60.2 Å². The van der Waals surface area contributed by atoms with Crippen molar-refractivity contribution in [2.75, 3.05) is 19.1 Å². The largest absolute Gasteiger partial charge is 0.384 e. The first-order valence-corrected chi connectivity index (χ1v) is 6.86. The molecule has 4 heteroatoms. The van der Waals surface area contributed by atoms with Gasteiger partial charge in [0, 0.05) is 23.6 Å². The van der Waals surface area contributed by atoms with Crippen molar-refractivity contribution in [2.45, 2.75) is 32.6 Å². The molecule has 0 aliphatic rings. The molecule has 3 N–H and O–H groups in total. The van der Waals surface area contributed by atoms with E-state index in [9.17, 15) is 0 Å². The number of anilines is 1. The van der Waals surface area contributed by atoms with Gasteiger partial charge in [0.15, 0.2) is 0 Å². The smallest absolute Gasteiger partial charge is 0.0759 e. The molecular formula is C16H23N3O. The second-order valence-corrected chi connectivity index (χ2v) is 6.01. The molecule has 0 atom stereocenters. The molecule has 0 bridgehead atoms. The van der Waals surface area contributed by atoms with Gasteiger partial charge < -0.3 is 10.2 Å². The summed E-state index contributed by atoms with van der Waals surface area (Å²) in [4.78, 5) is 4.86. The van der Waals surface area contributed by atoms with Gasteiger partial charge in [-0.1, -0.05) is 39.0 Å². The molecular weight excluding hydrogens is 250 g/mol. The zero-order valence-electron chi connectivity index (χ0n) is 12.7. The second kappa shape index (κ2) is 5.77. The molecule has 1 heterocycles. The molecule has 1 aromatic carbocycles. The van der Waals surface area contributed by atoms with Crippen molar-refractivity contribution in [3.63, 3.8) is 0 Å². The summed E-state index contributed by atoms with van der Waals surface area (Å²) in [6, 6.07) is 8.20. The Balaban J connectivity index is 2.66. The number of fused-ring (bicyclic) bond motifs is 1. The fourth-order valence-electron chi connectivity index (χ4n) is 2.23. The maximum absolute atomic E-state index is 5.68. The highest BCUT2D eigenvalue weighted by Crippen LogP contribution is 2.30. The highest BCUT2D eigenvalue weighted by molar-refractivity contribution is 5.93. The molecule has 2 aromatic rings. The number of rotatable bonds is 4. The fourth-order valence-corrected chi connectivity index (χ4v) is 2.23. The second-order valence-electron chi connectivity index (χ2n) is 6.01. The molecule has 0 saturated carbocycles. The van der Waals surface area contributed by atoms with Crippen LogP contribution in [0.5, 0.6) is 0 Å². The number of hydrogen-bond acceptors (Lipinski definition) is 4. The van der Waals surface area contributed by atoms with Gasteiger partial charge in [-0.15, -0.1) is 0 Å². The molecule has 0 aliphatic carbocycles. The van der Waals surface area contributed by atoms with Gasteiger partial charge in [-0.05, 0) is 18.1 Å². The Hall–Kier alpha value is -1.65. The third-order valence-corrected chi connectivity index (χ3v) is 3.42. The van der Waals surface area contributed by atoms with Gasteiger partial charge in [-0.3, -0.25) is 10.8 Å². The first-order valence-electron chi connectivity index (χ1n) is 6.86. The lowest BCUT2D eigenvalue weighted by Crippen LogP contribution is -2.16. The average Bonchev–Trinajstić information content (AvgIpc) is 2.42. The minimum absolute atomic E-state index is 0.0197. The van der Waals surface area contributed by atoms with Crippen molar-refractivity contribution in [1.29, 1.82) is 0 Å². The van der Waals surface area contributed by atoms with E-state index in [1.165, 1.54) is 5.56 Å². The summed E-state index contributed by atoms with van der Waals surface area (Å²) < 4.78 is 5.18. The average molecular weight is 273 g/mol. The molecule has 0 saturated heterocycles. The van der Waals surface area contributed by atoms with Crippen LogP contribution in [-0.4, -0.2) is 18.7 Å². The number of benzene rings is 1. The lowest BCUT2D eigenvalue weighted by atomic mass is 9.90. The Bertz CT molecular complexity index is 602. The van der Waals surface area contributed by atoms with Crippen LogP contribution in [0.3, 0.4) is 0 Å². The van der Waals surface area contributed by atoms with Crippen molar-refractivity contribution in [3.05, 3.63) is 35.5 Å². The maximum Gasteiger partial charge on any atom is 0.0759 e. The normalized spacial score (nSPS) is 11.8. The highest BCUT2D eigenvalue weighted by Gasteiger charge is 2.18. The highest BCUT2D eigenvalue weighted by atomic mass is 16.5. The number of pyridine rings is 1. The number of nitrogens with one attached hydrogen (secondary N) is 1. The summed E-state index contributed by atoms with van der Waals surface area (Å²) in [5.41, 5.74) is 6.91. The van der Waals surface area contributed by atoms with Crippen LogP contribution in [0.15, 0.2) is 24.3 Å². The van der Waals surface area contributed by atoms with Gasteiger partial charge in [0.05, 0.1) is 17.8 Å². The predicted octanol–water partition coefficient (Wildman–Crippen LogP) is 3.01. The van der Waals surface area contributed by atoms with Crippen LogP contribution in [0.2, 0.25) is 0 Å². The maximum atomic E-state index is 5.68. The zero-order chi connectivity index (χ0) is 14.8. The molecule has 108 valence electrons. The van der Waals surface area contributed by atoms with Gasteiger partial charge in [0.25, 0.3) is 0 Å². The van der Waals surface area contributed by atoms with Gasteiger partial charge in [0.1, 0.15) is 0 Å². The molecule has 20 heavy (non-hydrogen) atoms. The quantitative estimate of drug-likeness (QED) is 0.664. The molecule has 0 unspecified atom stereocenters. The Morgan fingerprint density at radius 3 is 2.65 bits per heavy atom. The van der Waals surface area contributed by atoms with Crippen LogP contribution in [-0.2, 0) is 16.6 Å². The number of nitrogen functional groups attached to an aromatic ring is 1. The van der Waals surface area contributed by atoms with E-state index in [0.29, 0.717) is 6.61 Å². The summed E-state index contributed by atoms with van der Waals surface area (Å²) in [7, 11) is 1.71. The van der Waals surface area contributed by atoms with Crippen molar-refractivity contribution in [1.82, 2.24) is 4.98 Å². The van der Waals surface area contributed by atoms with Gasteiger partial charge in [-0.25, -0.2) is 0 Å². The number of aromatic nitrogens is 1. The minimum atomic E-state index is -0.0197. The van der Waals surface area contributed by atoms with E-state index in [2.05, 4.69) is 32.3 Å². The van der Waals surface area contributed by atoms with Gasteiger partial charge >= 0.3 is 0 Å². The molecule has 0 fully saturated rings. The first kappa shape index (κ1) is 14.8. The third kappa shape index (κ3) is 2.92. The van der Waals surface area contributed by atoms with E-state index < -0.39 is 0 Å². The minimum Gasteiger partial charge on any atom is -0.384 e. The number of nitrogens with zero attached hydrogens (tertiary/aromatic N) is 1. The molecule has 1 aromatic heterocycles. The molecule has 0 aliphatic heterocycles. The SMILES string of the molecule is COCCc1cccc2c(NN)cc(C(C)(C)C)nc12. The Labute approximate surface area is 120 Å². The fraction of sp³-hybridized carbons (Fsp3) is 0.438. The number of para-hydroxylation sites is 1. The molecule has 4 nitrogen and oxygen atoms in total. The van der Waals surface area contributed by atoms with Crippen molar-refractivity contribution in [2.24, 2.45) is 5.84 Å².